The summed E-state index contributed by atoms with van der Waals surface area (Å²) >= 11 is 7.14. The summed E-state index contributed by atoms with van der Waals surface area (Å²) in [4.78, 5) is 2.41. The largest absolute Gasteiger partial charge is 0.358 e. The monoisotopic (exact) mass is 275 g/mol. The van der Waals surface area contributed by atoms with Crippen LogP contribution < -0.4 is 0 Å². The first-order valence-electron chi connectivity index (χ1n) is 7.09. The van der Waals surface area contributed by atoms with Gasteiger partial charge in [0.25, 0.3) is 0 Å². The fourth-order valence-corrected chi connectivity index (χ4v) is 2.51. The van der Waals surface area contributed by atoms with E-state index >= 15 is 0 Å². The van der Waals surface area contributed by atoms with E-state index in [9.17, 15) is 0 Å². The lowest BCUT2D eigenvalue weighted by Gasteiger charge is -2.24. The van der Waals surface area contributed by atoms with E-state index in [1.165, 1.54) is 51.4 Å². The van der Waals surface area contributed by atoms with Gasteiger partial charge < -0.3 is 4.90 Å². The minimum Gasteiger partial charge on any atom is -0.358 e. The molecule has 0 aromatic carbocycles. The zero-order chi connectivity index (χ0) is 12.9. The van der Waals surface area contributed by atoms with Gasteiger partial charge in [-0.3, -0.25) is 0 Å². The zero-order valence-electron chi connectivity index (χ0n) is 11.8. The van der Waals surface area contributed by atoms with Crippen molar-refractivity contribution in [1.29, 1.82) is 0 Å². The van der Waals surface area contributed by atoms with Gasteiger partial charge in [-0.05, 0) is 19.1 Å². The molecule has 0 aliphatic heterocycles. The van der Waals surface area contributed by atoms with E-state index in [4.69, 9.17) is 12.2 Å². The molecular formula is C14H29NS2. The molecule has 0 rings (SSSR count). The number of thioether (sulfide) groups is 1. The van der Waals surface area contributed by atoms with E-state index in [1.807, 2.05) is 0 Å². The Labute approximate surface area is 118 Å². The highest BCUT2D eigenvalue weighted by Gasteiger charge is 2.07. The van der Waals surface area contributed by atoms with Crippen LogP contribution in [0, 0.1) is 0 Å². The van der Waals surface area contributed by atoms with Crippen LogP contribution >= 0.6 is 24.0 Å². The maximum atomic E-state index is 5.42. The average Bonchev–Trinajstić information content (AvgIpc) is 2.36. The van der Waals surface area contributed by atoms with Crippen LogP contribution in [-0.4, -0.2) is 28.6 Å². The predicted molar refractivity (Wildman–Crippen MR) is 86.0 cm³/mol. The molecule has 0 unspecified atom stereocenters. The van der Waals surface area contributed by atoms with E-state index in [1.54, 1.807) is 11.8 Å². The van der Waals surface area contributed by atoms with Gasteiger partial charge in [0.2, 0.25) is 0 Å². The Kier molecular flexibility index (Phi) is 12.9. The molecule has 0 aliphatic rings. The molecule has 0 aliphatic carbocycles. The highest BCUT2D eigenvalue weighted by molar-refractivity contribution is 8.22. The molecule has 0 N–H and O–H groups in total. The molecule has 0 radical (unpaired) electrons. The Morgan fingerprint density at radius 3 is 1.71 bits per heavy atom. The first-order valence-corrected chi connectivity index (χ1v) is 8.72. The lowest BCUT2D eigenvalue weighted by atomic mass is 10.2. The van der Waals surface area contributed by atoms with E-state index in [-0.39, 0.29) is 0 Å². The highest BCUT2D eigenvalue weighted by atomic mass is 32.2. The second-order valence-electron chi connectivity index (χ2n) is 4.58. The van der Waals surface area contributed by atoms with Gasteiger partial charge in [0.15, 0.2) is 0 Å². The number of nitrogens with zero attached hydrogens (tertiary/aromatic N) is 1. The summed E-state index contributed by atoms with van der Waals surface area (Å²) in [6.45, 7) is 6.84. The topological polar surface area (TPSA) is 3.24 Å². The number of unbranched alkanes of at least 4 members (excludes halogenated alkanes) is 6. The molecule has 0 aromatic heterocycles. The summed E-state index contributed by atoms with van der Waals surface area (Å²) in [5, 5.41) is 0. The second kappa shape index (κ2) is 12.7. The van der Waals surface area contributed by atoms with Gasteiger partial charge in [0, 0.05) is 13.1 Å². The zero-order valence-corrected chi connectivity index (χ0v) is 13.5. The highest BCUT2D eigenvalue weighted by Crippen LogP contribution is 2.11. The van der Waals surface area contributed by atoms with E-state index < -0.39 is 0 Å². The van der Waals surface area contributed by atoms with Crippen molar-refractivity contribution in [2.24, 2.45) is 0 Å². The van der Waals surface area contributed by atoms with Crippen molar-refractivity contribution in [2.75, 3.05) is 19.3 Å². The summed E-state index contributed by atoms with van der Waals surface area (Å²) in [6.07, 6.45) is 12.7. The first-order chi connectivity index (χ1) is 8.26. The number of hydrogen-bond acceptors (Lipinski definition) is 2. The first kappa shape index (κ1) is 17.2. The van der Waals surface area contributed by atoms with Crippen molar-refractivity contribution < 1.29 is 0 Å². The van der Waals surface area contributed by atoms with E-state index in [0.29, 0.717) is 0 Å². The van der Waals surface area contributed by atoms with Crippen molar-refractivity contribution in [2.45, 2.75) is 65.2 Å². The van der Waals surface area contributed by atoms with Crippen LogP contribution in [0.1, 0.15) is 65.2 Å². The van der Waals surface area contributed by atoms with Crippen molar-refractivity contribution in [1.82, 2.24) is 4.90 Å². The van der Waals surface area contributed by atoms with Crippen molar-refractivity contribution in [3.05, 3.63) is 0 Å². The normalized spacial score (nSPS) is 10.5. The van der Waals surface area contributed by atoms with Crippen LogP contribution in [0.4, 0.5) is 0 Å². The third-order valence-corrected chi connectivity index (χ3v) is 4.36. The van der Waals surface area contributed by atoms with Crippen LogP contribution in [0.5, 0.6) is 0 Å². The number of thiocarbonyl (C=S) groups is 1. The summed E-state index contributed by atoms with van der Waals surface area (Å²) in [7, 11) is 0. The van der Waals surface area contributed by atoms with Gasteiger partial charge >= 0.3 is 0 Å². The third kappa shape index (κ3) is 9.90. The summed E-state index contributed by atoms with van der Waals surface area (Å²) in [6, 6.07) is 0. The van der Waals surface area contributed by atoms with Crippen molar-refractivity contribution >= 4 is 28.3 Å². The van der Waals surface area contributed by atoms with Crippen molar-refractivity contribution in [3.63, 3.8) is 0 Å². The third-order valence-electron chi connectivity index (χ3n) is 3.00. The molecule has 0 amide bonds. The van der Waals surface area contributed by atoms with Gasteiger partial charge in [-0.15, -0.1) is 11.8 Å². The predicted octanol–water partition coefficient (Wildman–Crippen LogP) is 5.10. The molecule has 0 spiro atoms. The minimum atomic E-state index is 1.08. The molecule has 102 valence electrons. The lowest BCUT2D eigenvalue weighted by molar-refractivity contribution is 0.398. The molecule has 0 heterocycles. The van der Waals surface area contributed by atoms with Crippen LogP contribution in [0.2, 0.25) is 0 Å². The lowest BCUT2D eigenvalue weighted by Crippen LogP contribution is -2.29. The summed E-state index contributed by atoms with van der Waals surface area (Å²) in [5.74, 6) is 0. The molecule has 3 heteroatoms. The molecule has 0 saturated carbocycles. The van der Waals surface area contributed by atoms with Gasteiger partial charge in [0.1, 0.15) is 4.32 Å². The minimum absolute atomic E-state index is 1.08. The molecule has 0 fully saturated rings. The van der Waals surface area contributed by atoms with Gasteiger partial charge in [-0.25, -0.2) is 0 Å². The Hall–Kier alpha value is 0.240. The summed E-state index contributed by atoms with van der Waals surface area (Å²) < 4.78 is 1.08. The van der Waals surface area contributed by atoms with Gasteiger partial charge in [0.05, 0.1) is 0 Å². The maximum Gasteiger partial charge on any atom is 0.136 e. The van der Waals surface area contributed by atoms with Gasteiger partial charge in [-0.1, -0.05) is 64.6 Å². The molecule has 0 aromatic rings. The fraction of sp³-hybridized carbons (Fsp3) is 0.929. The Bertz CT molecular complexity index is 171. The SMILES string of the molecule is CCCCCCN(CCCCCC)C(=S)SC. The average molecular weight is 276 g/mol. The second-order valence-corrected chi connectivity index (χ2v) is 6.02. The number of rotatable bonds is 10. The van der Waals surface area contributed by atoms with E-state index in [0.717, 1.165) is 17.4 Å². The van der Waals surface area contributed by atoms with Gasteiger partial charge in [-0.2, -0.15) is 0 Å². The smallest absolute Gasteiger partial charge is 0.136 e. The van der Waals surface area contributed by atoms with Crippen LogP contribution in [0.3, 0.4) is 0 Å². The molecule has 1 nitrogen and oxygen atoms in total. The molecule has 0 atom stereocenters. The number of hydrogen-bond donors (Lipinski definition) is 0. The standard InChI is InChI=1S/C14H29NS2/c1-4-6-8-10-12-15(14(16)17-3)13-11-9-7-5-2/h4-13H2,1-3H3. The fourth-order valence-electron chi connectivity index (χ4n) is 1.88. The quantitative estimate of drug-likeness (QED) is 0.403. The Morgan fingerprint density at radius 1 is 0.882 bits per heavy atom. The van der Waals surface area contributed by atoms with Crippen LogP contribution in [-0.2, 0) is 0 Å². The molecule has 0 bridgehead atoms. The van der Waals surface area contributed by atoms with Crippen LogP contribution in [0.15, 0.2) is 0 Å². The van der Waals surface area contributed by atoms with Crippen LogP contribution in [0.25, 0.3) is 0 Å². The molecule has 0 saturated heterocycles. The molecule has 17 heavy (non-hydrogen) atoms. The van der Waals surface area contributed by atoms with E-state index in [2.05, 4.69) is 25.0 Å². The molecular weight excluding hydrogens is 246 g/mol. The maximum absolute atomic E-state index is 5.42. The Morgan fingerprint density at radius 2 is 1.35 bits per heavy atom. The Balaban J connectivity index is 3.76. The summed E-state index contributed by atoms with van der Waals surface area (Å²) in [5.41, 5.74) is 0. The van der Waals surface area contributed by atoms with Crippen molar-refractivity contribution in [3.8, 4) is 0 Å².